The minimum atomic E-state index is 0.764. The van der Waals surface area contributed by atoms with E-state index in [1.165, 1.54) is 11.1 Å². The number of nitrogens with zero attached hydrogens (tertiary/aromatic N) is 2. The fourth-order valence-corrected chi connectivity index (χ4v) is 2.29. The van der Waals surface area contributed by atoms with Crippen LogP contribution in [0.3, 0.4) is 0 Å². The lowest BCUT2D eigenvalue weighted by Crippen LogP contribution is -2.02. The molecule has 1 aromatic heterocycles. The van der Waals surface area contributed by atoms with E-state index in [0.29, 0.717) is 0 Å². The fourth-order valence-electron chi connectivity index (χ4n) is 2.17. The van der Waals surface area contributed by atoms with Crippen LogP contribution in [0, 0.1) is 0 Å². The summed E-state index contributed by atoms with van der Waals surface area (Å²) in [5.74, 6) is 0. The Hall–Kier alpha value is -2.26. The third-order valence-corrected chi connectivity index (χ3v) is 3.49. The Morgan fingerprint density at radius 2 is 1.86 bits per heavy atom. The highest BCUT2D eigenvalue weighted by Crippen LogP contribution is 2.14. The van der Waals surface area contributed by atoms with E-state index in [9.17, 15) is 0 Å². The van der Waals surface area contributed by atoms with Crippen molar-refractivity contribution in [2.45, 2.75) is 13.1 Å². The van der Waals surface area contributed by atoms with Gasteiger partial charge >= 0.3 is 0 Å². The molecule has 3 rings (SSSR count). The van der Waals surface area contributed by atoms with Gasteiger partial charge in [-0.05, 0) is 41.5 Å². The van der Waals surface area contributed by atoms with Crippen LogP contribution in [0.5, 0.6) is 0 Å². The van der Waals surface area contributed by atoms with Gasteiger partial charge in [0.15, 0.2) is 0 Å². The summed E-state index contributed by atoms with van der Waals surface area (Å²) < 4.78 is 1.91. The Labute approximate surface area is 129 Å². The number of aromatic nitrogens is 2. The van der Waals surface area contributed by atoms with E-state index in [1.807, 2.05) is 41.2 Å². The molecule has 3 nitrogen and oxygen atoms in total. The van der Waals surface area contributed by atoms with Gasteiger partial charge < -0.3 is 5.32 Å². The van der Waals surface area contributed by atoms with Crippen LogP contribution in [-0.4, -0.2) is 9.78 Å². The van der Waals surface area contributed by atoms with E-state index < -0.39 is 0 Å². The van der Waals surface area contributed by atoms with Crippen molar-refractivity contribution in [3.05, 3.63) is 83.1 Å². The van der Waals surface area contributed by atoms with E-state index in [-0.39, 0.29) is 0 Å². The number of nitrogens with one attached hydrogen (secondary N) is 1. The first-order valence-electron chi connectivity index (χ1n) is 6.84. The maximum atomic E-state index is 5.89. The van der Waals surface area contributed by atoms with Crippen molar-refractivity contribution in [1.82, 2.24) is 9.78 Å². The van der Waals surface area contributed by atoms with Crippen molar-refractivity contribution in [2.24, 2.45) is 0 Å². The average Bonchev–Trinajstić information content (AvgIpc) is 3.00. The maximum absolute atomic E-state index is 5.89. The molecule has 0 aliphatic heterocycles. The van der Waals surface area contributed by atoms with Gasteiger partial charge in [0.05, 0.1) is 6.54 Å². The molecule has 2 aromatic carbocycles. The lowest BCUT2D eigenvalue weighted by Gasteiger charge is -2.09. The van der Waals surface area contributed by atoms with Gasteiger partial charge in [0.1, 0.15) is 0 Å². The zero-order valence-electron chi connectivity index (χ0n) is 11.5. The minimum absolute atomic E-state index is 0.764. The second-order valence-electron chi connectivity index (χ2n) is 4.88. The highest BCUT2D eigenvalue weighted by molar-refractivity contribution is 6.30. The van der Waals surface area contributed by atoms with Crippen molar-refractivity contribution < 1.29 is 0 Å². The molecule has 0 saturated carbocycles. The molecule has 21 heavy (non-hydrogen) atoms. The smallest absolute Gasteiger partial charge is 0.0660 e. The molecule has 0 radical (unpaired) electrons. The van der Waals surface area contributed by atoms with Gasteiger partial charge in [0.2, 0.25) is 0 Å². The molecule has 0 bridgehead atoms. The maximum Gasteiger partial charge on any atom is 0.0660 e. The fraction of sp³-hybridized carbons (Fsp3) is 0.118. The lowest BCUT2D eigenvalue weighted by molar-refractivity contribution is 0.687. The van der Waals surface area contributed by atoms with Crippen molar-refractivity contribution >= 4 is 17.3 Å². The molecule has 3 aromatic rings. The van der Waals surface area contributed by atoms with Crippen LogP contribution in [0.1, 0.15) is 11.1 Å². The predicted octanol–water partition coefficient (Wildman–Crippen LogP) is 4.20. The van der Waals surface area contributed by atoms with E-state index in [1.54, 1.807) is 6.20 Å². The quantitative estimate of drug-likeness (QED) is 0.765. The van der Waals surface area contributed by atoms with Crippen molar-refractivity contribution in [3.63, 3.8) is 0 Å². The standard InChI is InChI=1S/C17H16ClN3/c18-16-7-5-14(6-8-16)12-19-17-4-1-3-15(11-17)13-21-10-2-9-20-21/h1-11,19H,12-13H2. The Morgan fingerprint density at radius 1 is 1.00 bits per heavy atom. The molecule has 0 saturated heterocycles. The first-order valence-corrected chi connectivity index (χ1v) is 7.22. The van der Waals surface area contributed by atoms with Crippen molar-refractivity contribution in [2.75, 3.05) is 5.32 Å². The van der Waals surface area contributed by atoms with Crippen LogP contribution in [0.25, 0.3) is 0 Å². The molecule has 1 heterocycles. The molecule has 0 unspecified atom stereocenters. The summed E-state index contributed by atoms with van der Waals surface area (Å²) in [5, 5.41) is 8.42. The van der Waals surface area contributed by atoms with Crippen LogP contribution < -0.4 is 5.32 Å². The van der Waals surface area contributed by atoms with Gasteiger partial charge in [-0.2, -0.15) is 5.10 Å². The number of benzene rings is 2. The second-order valence-corrected chi connectivity index (χ2v) is 5.32. The summed E-state index contributed by atoms with van der Waals surface area (Å²) in [4.78, 5) is 0. The summed E-state index contributed by atoms with van der Waals surface area (Å²) >= 11 is 5.89. The van der Waals surface area contributed by atoms with Gasteiger partial charge in [-0.25, -0.2) is 0 Å². The molecule has 4 heteroatoms. The number of anilines is 1. The monoisotopic (exact) mass is 297 g/mol. The highest BCUT2D eigenvalue weighted by Gasteiger charge is 1.98. The van der Waals surface area contributed by atoms with Gasteiger partial charge in [0.25, 0.3) is 0 Å². The molecule has 0 fully saturated rings. The summed E-state index contributed by atoms with van der Waals surface area (Å²) in [6, 6.07) is 18.2. The van der Waals surface area contributed by atoms with Crippen LogP contribution in [0.2, 0.25) is 5.02 Å². The van der Waals surface area contributed by atoms with Crippen molar-refractivity contribution in [1.29, 1.82) is 0 Å². The first kappa shape index (κ1) is 13.7. The molecule has 0 amide bonds. The van der Waals surface area contributed by atoms with Gasteiger partial charge in [-0.3, -0.25) is 4.68 Å². The second kappa shape index (κ2) is 6.46. The number of rotatable bonds is 5. The minimum Gasteiger partial charge on any atom is -0.381 e. The molecule has 106 valence electrons. The zero-order valence-corrected chi connectivity index (χ0v) is 12.3. The lowest BCUT2D eigenvalue weighted by atomic mass is 10.2. The first-order chi connectivity index (χ1) is 10.3. The summed E-state index contributed by atoms with van der Waals surface area (Å²) in [7, 11) is 0. The van der Waals surface area contributed by atoms with Crippen LogP contribution >= 0.6 is 11.6 Å². The van der Waals surface area contributed by atoms with Gasteiger partial charge in [-0.15, -0.1) is 0 Å². The summed E-state index contributed by atoms with van der Waals surface area (Å²) in [6.07, 6.45) is 3.76. The highest BCUT2D eigenvalue weighted by atomic mass is 35.5. The Bertz CT molecular complexity index is 690. The zero-order chi connectivity index (χ0) is 14.5. The molecular formula is C17H16ClN3. The van der Waals surface area contributed by atoms with E-state index in [2.05, 4.69) is 34.7 Å². The third kappa shape index (κ3) is 3.86. The number of hydrogen-bond donors (Lipinski definition) is 1. The van der Waals surface area contributed by atoms with Gasteiger partial charge in [0, 0.05) is 29.6 Å². The molecule has 0 aliphatic carbocycles. The average molecular weight is 298 g/mol. The Kier molecular flexibility index (Phi) is 4.22. The summed E-state index contributed by atoms with van der Waals surface area (Å²) in [5.41, 5.74) is 3.53. The summed E-state index contributed by atoms with van der Waals surface area (Å²) in [6.45, 7) is 1.56. The third-order valence-electron chi connectivity index (χ3n) is 3.24. The molecular weight excluding hydrogens is 282 g/mol. The van der Waals surface area contributed by atoms with E-state index in [4.69, 9.17) is 11.6 Å². The molecule has 0 aliphatic rings. The van der Waals surface area contributed by atoms with Crippen molar-refractivity contribution in [3.8, 4) is 0 Å². The SMILES string of the molecule is Clc1ccc(CNc2cccc(Cn3cccn3)c2)cc1. The molecule has 0 atom stereocenters. The topological polar surface area (TPSA) is 29.9 Å². The Morgan fingerprint density at radius 3 is 2.62 bits per heavy atom. The van der Waals surface area contributed by atoms with Crippen LogP contribution in [0.4, 0.5) is 5.69 Å². The molecule has 0 spiro atoms. The van der Waals surface area contributed by atoms with E-state index in [0.717, 1.165) is 23.8 Å². The Balaban J connectivity index is 1.64. The van der Waals surface area contributed by atoms with Crippen LogP contribution in [0.15, 0.2) is 67.0 Å². The number of halogens is 1. The predicted molar refractivity (Wildman–Crippen MR) is 86.5 cm³/mol. The normalized spacial score (nSPS) is 10.5. The van der Waals surface area contributed by atoms with Crippen LogP contribution in [-0.2, 0) is 13.1 Å². The molecule has 1 N–H and O–H groups in total. The van der Waals surface area contributed by atoms with E-state index >= 15 is 0 Å². The number of hydrogen-bond acceptors (Lipinski definition) is 2. The largest absolute Gasteiger partial charge is 0.381 e. The van der Waals surface area contributed by atoms with Gasteiger partial charge in [-0.1, -0.05) is 35.9 Å².